The first-order valence-electron chi connectivity index (χ1n) is 10.9. The molecule has 1 saturated heterocycles. The van der Waals surface area contributed by atoms with Crippen LogP contribution in [0.5, 0.6) is 0 Å². The predicted molar refractivity (Wildman–Crippen MR) is 125 cm³/mol. The maximum atomic E-state index is 12.7. The molecule has 1 N–H and O–H groups in total. The van der Waals surface area contributed by atoms with Crippen LogP contribution in [0, 0.1) is 17.8 Å². The number of anilines is 1. The van der Waals surface area contributed by atoms with Crippen molar-refractivity contribution >= 4 is 47.0 Å². The Bertz CT molecular complexity index is 820. The molecule has 0 radical (unpaired) electrons. The molecule has 2 unspecified atom stereocenters. The third-order valence-corrected chi connectivity index (χ3v) is 10.6. The van der Waals surface area contributed by atoms with Crippen molar-refractivity contribution in [2.45, 2.75) is 36.2 Å². The minimum Gasteiger partial charge on any atom is -0.455 e. The van der Waals surface area contributed by atoms with Crippen LogP contribution in [0.2, 0.25) is 0 Å². The molecule has 1 aromatic rings. The molecular formula is C23H30N2O4S2. The maximum absolute atomic E-state index is 12.7. The number of hydrogen-bond acceptors (Lipinski definition) is 6. The van der Waals surface area contributed by atoms with Crippen LogP contribution in [0.15, 0.2) is 24.3 Å². The molecule has 2 atom stereocenters. The van der Waals surface area contributed by atoms with Crippen molar-refractivity contribution < 1.29 is 19.1 Å². The van der Waals surface area contributed by atoms with Gasteiger partial charge in [-0.2, -0.15) is 0 Å². The number of thioether (sulfide) groups is 2. The third kappa shape index (κ3) is 4.75. The van der Waals surface area contributed by atoms with Gasteiger partial charge in [-0.25, -0.2) is 0 Å². The van der Waals surface area contributed by atoms with Gasteiger partial charge < -0.3 is 15.0 Å². The van der Waals surface area contributed by atoms with Crippen molar-refractivity contribution in [2.75, 3.05) is 37.5 Å². The topological polar surface area (TPSA) is 75.7 Å². The zero-order chi connectivity index (χ0) is 22.0. The van der Waals surface area contributed by atoms with Gasteiger partial charge in [0.25, 0.3) is 11.8 Å². The van der Waals surface area contributed by atoms with E-state index in [0.717, 1.165) is 12.8 Å². The largest absolute Gasteiger partial charge is 0.455 e. The van der Waals surface area contributed by atoms with Crippen molar-refractivity contribution in [1.29, 1.82) is 0 Å². The van der Waals surface area contributed by atoms with Crippen LogP contribution in [-0.4, -0.2) is 59.0 Å². The lowest BCUT2D eigenvalue weighted by molar-refractivity contribution is -0.154. The number of ether oxygens (including phenoxy) is 1. The number of carbonyl (C=O) groups excluding carboxylic acids is 3. The van der Waals surface area contributed by atoms with Crippen molar-refractivity contribution in [3.63, 3.8) is 0 Å². The zero-order valence-corrected chi connectivity index (χ0v) is 19.7. The molecule has 3 aliphatic rings. The summed E-state index contributed by atoms with van der Waals surface area (Å²) < 4.78 is 5.73. The molecule has 1 aliphatic heterocycles. The summed E-state index contributed by atoms with van der Waals surface area (Å²) in [5.74, 6) is 2.80. The summed E-state index contributed by atoms with van der Waals surface area (Å²) >= 11 is 4.24. The summed E-state index contributed by atoms with van der Waals surface area (Å²) in [7, 11) is 3.38. The molecule has 3 fully saturated rings. The van der Waals surface area contributed by atoms with Gasteiger partial charge in [0.2, 0.25) is 0 Å². The minimum absolute atomic E-state index is 0.0909. The van der Waals surface area contributed by atoms with Crippen LogP contribution < -0.4 is 5.32 Å². The van der Waals surface area contributed by atoms with Gasteiger partial charge in [0, 0.05) is 36.9 Å². The first kappa shape index (κ1) is 22.5. The van der Waals surface area contributed by atoms with E-state index in [1.54, 1.807) is 38.4 Å². The monoisotopic (exact) mass is 462 g/mol. The van der Waals surface area contributed by atoms with Crippen molar-refractivity contribution in [3.8, 4) is 0 Å². The van der Waals surface area contributed by atoms with Crippen LogP contribution in [0.3, 0.4) is 0 Å². The smallest absolute Gasteiger partial charge is 0.309 e. The van der Waals surface area contributed by atoms with E-state index in [-0.39, 0.29) is 30.3 Å². The number of hydrogen-bond donors (Lipinski definition) is 1. The number of esters is 1. The maximum Gasteiger partial charge on any atom is 0.309 e. The van der Waals surface area contributed by atoms with E-state index in [1.165, 1.54) is 35.7 Å². The number of benzene rings is 1. The van der Waals surface area contributed by atoms with Gasteiger partial charge in [-0.05, 0) is 61.8 Å². The lowest BCUT2D eigenvalue weighted by Gasteiger charge is -2.51. The average Bonchev–Trinajstić information content (AvgIpc) is 3.21. The van der Waals surface area contributed by atoms with E-state index in [2.05, 4.69) is 28.8 Å². The Hall–Kier alpha value is -1.67. The molecule has 6 nitrogen and oxygen atoms in total. The third-order valence-electron chi connectivity index (χ3n) is 6.62. The van der Waals surface area contributed by atoms with E-state index in [1.807, 2.05) is 0 Å². The highest BCUT2D eigenvalue weighted by Gasteiger charge is 2.55. The lowest BCUT2D eigenvalue weighted by atomic mass is 9.67. The van der Waals surface area contributed by atoms with Crippen molar-refractivity contribution in [2.24, 2.45) is 17.8 Å². The van der Waals surface area contributed by atoms with E-state index >= 15 is 0 Å². The highest BCUT2D eigenvalue weighted by molar-refractivity contribution is 8.21. The SMILES string of the molecule is CN(C)C(=O)c1ccc(NC(=O)COC(=O)C2CC3CCCC(C2)C32SCCS2)cc1. The first-order valence-corrected chi connectivity index (χ1v) is 12.9. The number of amides is 2. The molecule has 2 aliphatic carbocycles. The summed E-state index contributed by atoms with van der Waals surface area (Å²) in [6, 6.07) is 6.68. The Morgan fingerprint density at radius 3 is 2.26 bits per heavy atom. The van der Waals surface area contributed by atoms with Gasteiger partial charge in [0.05, 0.1) is 10.00 Å². The Morgan fingerprint density at radius 2 is 1.68 bits per heavy atom. The minimum atomic E-state index is -0.366. The first-order chi connectivity index (χ1) is 14.9. The summed E-state index contributed by atoms with van der Waals surface area (Å²) in [6.07, 6.45) is 5.44. The Balaban J connectivity index is 1.27. The van der Waals surface area contributed by atoms with Crippen LogP contribution in [0.1, 0.15) is 42.5 Å². The number of rotatable bonds is 5. The predicted octanol–water partition coefficient (Wildman–Crippen LogP) is 3.87. The standard InChI is InChI=1S/C23H30N2O4S2/c1-25(2)21(27)15-6-8-19(9-7-15)24-20(26)14-29-22(28)16-12-17-4-3-5-18(13-16)23(17)30-10-11-31-23/h6-9,16-18H,3-5,10-14H2,1-2H3,(H,24,26). The van der Waals surface area contributed by atoms with Gasteiger partial charge in [-0.3, -0.25) is 14.4 Å². The molecule has 8 heteroatoms. The van der Waals surface area contributed by atoms with E-state index in [9.17, 15) is 14.4 Å². The molecule has 168 valence electrons. The Morgan fingerprint density at radius 1 is 1.06 bits per heavy atom. The van der Waals surface area contributed by atoms with E-state index in [0.29, 0.717) is 27.2 Å². The molecule has 1 heterocycles. The second-order valence-corrected chi connectivity index (χ2v) is 11.8. The molecule has 31 heavy (non-hydrogen) atoms. The highest BCUT2D eigenvalue weighted by atomic mass is 32.2. The van der Waals surface area contributed by atoms with Gasteiger partial charge >= 0.3 is 5.97 Å². The van der Waals surface area contributed by atoms with Crippen molar-refractivity contribution in [3.05, 3.63) is 29.8 Å². The summed E-state index contributed by atoms with van der Waals surface area (Å²) in [6.45, 7) is -0.280. The summed E-state index contributed by atoms with van der Waals surface area (Å²) in [4.78, 5) is 38.4. The number of nitrogens with one attached hydrogen (secondary N) is 1. The zero-order valence-electron chi connectivity index (χ0n) is 18.1. The fraction of sp³-hybridized carbons (Fsp3) is 0.609. The van der Waals surface area contributed by atoms with Gasteiger partial charge in [0.15, 0.2) is 6.61 Å². The molecule has 4 rings (SSSR count). The molecule has 2 amide bonds. The molecular weight excluding hydrogens is 432 g/mol. The molecule has 1 spiro atoms. The fourth-order valence-electron chi connectivity index (χ4n) is 5.21. The summed E-state index contributed by atoms with van der Waals surface area (Å²) in [5, 5.41) is 2.73. The second kappa shape index (κ2) is 9.45. The van der Waals surface area contributed by atoms with Crippen LogP contribution in [0.4, 0.5) is 5.69 Å². The fourth-order valence-corrected chi connectivity index (χ4v) is 9.14. The number of carbonyl (C=O) groups is 3. The normalized spacial score (nSPS) is 26.3. The molecule has 1 aromatic carbocycles. The van der Waals surface area contributed by atoms with Crippen LogP contribution in [-0.2, 0) is 14.3 Å². The van der Waals surface area contributed by atoms with E-state index in [4.69, 9.17) is 4.74 Å². The lowest BCUT2D eigenvalue weighted by Crippen LogP contribution is -2.48. The molecule has 2 saturated carbocycles. The number of nitrogens with zero attached hydrogens (tertiary/aromatic N) is 1. The van der Waals surface area contributed by atoms with Gasteiger partial charge in [0.1, 0.15) is 0 Å². The summed E-state index contributed by atoms with van der Waals surface area (Å²) in [5.41, 5.74) is 1.12. The highest BCUT2D eigenvalue weighted by Crippen LogP contribution is 2.64. The van der Waals surface area contributed by atoms with Gasteiger partial charge in [-0.1, -0.05) is 6.42 Å². The Kier molecular flexibility index (Phi) is 6.86. The van der Waals surface area contributed by atoms with E-state index < -0.39 is 0 Å². The Labute approximate surface area is 192 Å². The average molecular weight is 463 g/mol. The molecule has 2 bridgehead atoms. The molecule has 0 aromatic heterocycles. The van der Waals surface area contributed by atoms with Gasteiger partial charge in [-0.15, -0.1) is 23.5 Å². The second-order valence-electron chi connectivity index (χ2n) is 8.84. The quantitative estimate of drug-likeness (QED) is 0.670. The van der Waals surface area contributed by atoms with Crippen LogP contribution in [0.25, 0.3) is 0 Å². The van der Waals surface area contributed by atoms with Crippen LogP contribution >= 0.6 is 23.5 Å². The van der Waals surface area contributed by atoms with Crippen molar-refractivity contribution in [1.82, 2.24) is 4.90 Å².